The zero-order chi connectivity index (χ0) is 10.6. The van der Waals surface area contributed by atoms with Crippen LogP contribution >= 0.6 is 22.9 Å². The smallest absolute Gasteiger partial charge is 0.184 e. The minimum absolute atomic E-state index is 0.512. The summed E-state index contributed by atoms with van der Waals surface area (Å²) in [5.74, 6) is 0. The summed E-state index contributed by atoms with van der Waals surface area (Å²) in [6.45, 7) is -0.577. The molecule has 3 rings (SSSR count). The number of anilines is 1. The molecular weight excluding hydrogens is 204 g/mol. The average molecular weight is 213 g/mol. The number of benzene rings is 1. The van der Waals surface area contributed by atoms with Gasteiger partial charge in [0.25, 0.3) is 0 Å². The Morgan fingerprint density at radius 2 is 2.54 bits per heavy atom. The first-order valence-corrected chi connectivity index (χ1v) is 5.05. The van der Waals surface area contributed by atoms with Gasteiger partial charge in [-0.25, -0.2) is 4.98 Å². The second-order valence-corrected chi connectivity index (χ2v) is 4.46. The average Bonchev–Trinajstić information content (AvgIpc) is 2.65. The maximum absolute atomic E-state index is 7.79. The van der Waals surface area contributed by atoms with Gasteiger partial charge in [-0.2, -0.15) is 0 Å². The van der Waals surface area contributed by atoms with E-state index in [1.54, 1.807) is 0 Å². The molecule has 2 atom stereocenters. The predicted octanol–water partition coefficient (Wildman–Crippen LogP) is 2.92. The van der Waals surface area contributed by atoms with Crippen LogP contribution in [0.5, 0.6) is 0 Å². The lowest BCUT2D eigenvalue weighted by Crippen LogP contribution is -1.90. The van der Waals surface area contributed by atoms with E-state index >= 15 is 0 Å². The number of nitrogens with one attached hydrogen (secondary N) is 1. The summed E-state index contributed by atoms with van der Waals surface area (Å²) in [4.78, 5) is 4.16. The summed E-state index contributed by atoms with van der Waals surface area (Å²) < 4.78 is 16.9. The lowest BCUT2D eigenvalue weighted by molar-refractivity contribution is 1.11. The molecule has 2 aromatic rings. The second kappa shape index (κ2) is 2.59. The molecular formula is C9H7ClN2S. The summed E-state index contributed by atoms with van der Waals surface area (Å²) >= 11 is 7.23. The molecule has 1 aliphatic heterocycles. The first-order valence-electron chi connectivity index (χ1n) is 5.01. The quantitative estimate of drug-likeness (QED) is 0.727. The molecule has 66 valence electrons. The van der Waals surface area contributed by atoms with Gasteiger partial charge < -0.3 is 5.32 Å². The SMILES string of the molecule is [2H]C1Nc2cc3sc(Cl)nc3cc2C1[2H]. The van der Waals surface area contributed by atoms with Gasteiger partial charge >= 0.3 is 0 Å². The van der Waals surface area contributed by atoms with Crippen molar-refractivity contribution in [3.8, 4) is 0 Å². The molecule has 1 aliphatic rings. The highest BCUT2D eigenvalue weighted by molar-refractivity contribution is 7.22. The van der Waals surface area contributed by atoms with Crippen LogP contribution < -0.4 is 5.32 Å². The van der Waals surface area contributed by atoms with Crippen LogP contribution in [0.1, 0.15) is 8.30 Å². The van der Waals surface area contributed by atoms with Gasteiger partial charge in [0.15, 0.2) is 4.47 Å². The Labute approximate surface area is 87.4 Å². The van der Waals surface area contributed by atoms with E-state index in [4.69, 9.17) is 14.3 Å². The van der Waals surface area contributed by atoms with Crippen LogP contribution in [0.2, 0.25) is 4.47 Å². The highest BCUT2D eigenvalue weighted by Crippen LogP contribution is 2.32. The van der Waals surface area contributed by atoms with Crippen LogP contribution in [-0.2, 0) is 6.40 Å². The van der Waals surface area contributed by atoms with Crippen LogP contribution in [0, 0.1) is 0 Å². The summed E-state index contributed by atoms with van der Waals surface area (Å²) in [5.41, 5.74) is 2.52. The zero-order valence-corrected chi connectivity index (χ0v) is 8.12. The highest BCUT2D eigenvalue weighted by atomic mass is 35.5. The zero-order valence-electron chi connectivity index (χ0n) is 8.54. The van der Waals surface area contributed by atoms with Crippen molar-refractivity contribution in [2.24, 2.45) is 0 Å². The van der Waals surface area contributed by atoms with Crippen molar-refractivity contribution in [1.29, 1.82) is 0 Å². The number of rotatable bonds is 0. The van der Waals surface area contributed by atoms with Gasteiger partial charge in [0, 0.05) is 14.9 Å². The predicted molar refractivity (Wildman–Crippen MR) is 56.8 cm³/mol. The third-order valence-electron chi connectivity index (χ3n) is 2.04. The van der Waals surface area contributed by atoms with Crippen LogP contribution in [-0.4, -0.2) is 11.5 Å². The van der Waals surface area contributed by atoms with Crippen molar-refractivity contribution in [1.82, 2.24) is 4.98 Å². The number of hydrogen-bond donors (Lipinski definition) is 1. The lowest BCUT2D eigenvalue weighted by atomic mass is 10.1. The Kier molecular flexibility index (Phi) is 1.16. The number of aryl methyl sites for hydroxylation is 1. The first kappa shape index (κ1) is 5.83. The Morgan fingerprint density at radius 1 is 1.62 bits per heavy atom. The molecule has 0 amide bonds. The fraction of sp³-hybridized carbons (Fsp3) is 0.222. The van der Waals surface area contributed by atoms with Crippen molar-refractivity contribution in [3.05, 3.63) is 22.2 Å². The monoisotopic (exact) mass is 212 g/mol. The van der Waals surface area contributed by atoms with Gasteiger partial charge in [-0.1, -0.05) is 11.6 Å². The van der Waals surface area contributed by atoms with E-state index in [-0.39, 0.29) is 0 Å². The molecule has 0 fully saturated rings. The highest BCUT2D eigenvalue weighted by Gasteiger charge is 2.12. The van der Waals surface area contributed by atoms with Crippen molar-refractivity contribution in [2.75, 3.05) is 11.8 Å². The molecule has 0 saturated carbocycles. The molecule has 4 heteroatoms. The van der Waals surface area contributed by atoms with E-state index in [9.17, 15) is 0 Å². The molecule has 2 heterocycles. The number of hydrogen-bond acceptors (Lipinski definition) is 3. The Hall–Kier alpha value is -0.800. The molecule has 13 heavy (non-hydrogen) atoms. The number of halogens is 1. The number of thiazole rings is 1. The maximum atomic E-state index is 7.79. The molecule has 0 spiro atoms. The van der Waals surface area contributed by atoms with Gasteiger partial charge in [0.05, 0.1) is 10.2 Å². The standard InChI is InChI=1S/C9H7ClN2S/c10-9-12-7-3-5-1-2-11-6(5)4-8(7)13-9/h3-4,11H,1-2H2/i1D,2D. The van der Waals surface area contributed by atoms with E-state index in [1.165, 1.54) is 11.3 Å². The van der Waals surface area contributed by atoms with Crippen molar-refractivity contribution >= 4 is 38.8 Å². The largest absolute Gasteiger partial charge is 0.384 e. The van der Waals surface area contributed by atoms with Crippen molar-refractivity contribution < 1.29 is 2.74 Å². The molecule has 0 saturated heterocycles. The molecule has 1 aromatic carbocycles. The summed E-state index contributed by atoms with van der Waals surface area (Å²) in [6.07, 6.45) is -0.537. The number of nitrogens with zero attached hydrogens (tertiary/aromatic N) is 1. The molecule has 0 aliphatic carbocycles. The Balaban J connectivity index is 2.25. The van der Waals surface area contributed by atoms with Crippen LogP contribution in [0.3, 0.4) is 0 Å². The fourth-order valence-corrected chi connectivity index (χ4v) is 2.50. The third kappa shape index (κ3) is 1.11. The van der Waals surface area contributed by atoms with E-state index in [1.807, 2.05) is 12.1 Å². The minimum Gasteiger partial charge on any atom is -0.384 e. The summed E-state index contributed by atoms with van der Waals surface area (Å²) in [7, 11) is 0. The number of fused-ring (bicyclic) bond motifs is 2. The van der Waals surface area contributed by atoms with Gasteiger partial charge in [-0.15, -0.1) is 11.3 Å². The van der Waals surface area contributed by atoms with Gasteiger partial charge in [0.1, 0.15) is 0 Å². The normalized spacial score (nSPS) is 28.1. The molecule has 2 nitrogen and oxygen atoms in total. The molecule has 1 aromatic heterocycles. The Morgan fingerprint density at radius 3 is 3.46 bits per heavy atom. The van der Waals surface area contributed by atoms with Crippen LogP contribution in [0.15, 0.2) is 12.1 Å². The molecule has 1 N–H and O–H groups in total. The van der Waals surface area contributed by atoms with E-state index < -0.39 is 12.9 Å². The topological polar surface area (TPSA) is 24.9 Å². The van der Waals surface area contributed by atoms with E-state index in [2.05, 4.69) is 10.3 Å². The number of aromatic nitrogens is 1. The van der Waals surface area contributed by atoms with Crippen molar-refractivity contribution in [3.63, 3.8) is 0 Å². The molecule has 0 bridgehead atoms. The minimum atomic E-state index is -0.577. The molecule has 2 unspecified atom stereocenters. The van der Waals surface area contributed by atoms with E-state index in [0.717, 1.165) is 21.5 Å². The van der Waals surface area contributed by atoms with Crippen LogP contribution in [0.4, 0.5) is 5.69 Å². The molecule has 0 radical (unpaired) electrons. The fourth-order valence-electron chi connectivity index (χ4n) is 1.45. The summed E-state index contributed by atoms with van der Waals surface area (Å²) in [5, 5.41) is 2.96. The Bertz CT molecular complexity index is 542. The van der Waals surface area contributed by atoms with Crippen molar-refractivity contribution in [2.45, 2.75) is 6.40 Å². The first-order chi connectivity index (χ1) is 7.15. The van der Waals surface area contributed by atoms with E-state index in [0.29, 0.717) is 4.47 Å². The van der Waals surface area contributed by atoms with Gasteiger partial charge in [-0.05, 0) is 24.1 Å². The maximum Gasteiger partial charge on any atom is 0.184 e. The lowest BCUT2D eigenvalue weighted by Gasteiger charge is -1.97. The van der Waals surface area contributed by atoms with Gasteiger partial charge in [0.2, 0.25) is 0 Å². The van der Waals surface area contributed by atoms with Crippen LogP contribution in [0.25, 0.3) is 10.2 Å². The second-order valence-electron chi connectivity index (χ2n) is 2.85. The summed E-state index contributed by atoms with van der Waals surface area (Å²) in [6, 6.07) is 3.77. The third-order valence-corrected chi connectivity index (χ3v) is 3.16. The van der Waals surface area contributed by atoms with Gasteiger partial charge in [-0.3, -0.25) is 0 Å².